The van der Waals surface area contributed by atoms with E-state index < -0.39 is 0 Å². The van der Waals surface area contributed by atoms with Crippen LogP contribution < -0.4 is 15.2 Å². The number of allylic oxidation sites excluding steroid dienone is 1. The Bertz CT molecular complexity index is 848. The molecule has 0 amide bonds. The predicted octanol–water partition coefficient (Wildman–Crippen LogP) is 2.09. The maximum Gasteiger partial charge on any atom is 0.244 e. The monoisotopic (exact) mass is 326 g/mol. The minimum atomic E-state index is -0.348. The van der Waals surface area contributed by atoms with E-state index in [1.165, 1.54) is 0 Å². The topological polar surface area (TPSA) is 106 Å². The van der Waals surface area contributed by atoms with Crippen molar-refractivity contribution in [1.82, 2.24) is 10.2 Å². The Hall–Kier alpha value is -2.98. The third kappa shape index (κ3) is 2.47. The van der Waals surface area contributed by atoms with Crippen LogP contribution in [0.25, 0.3) is 0 Å². The number of benzene rings is 1. The molecule has 7 heteroatoms. The van der Waals surface area contributed by atoms with Crippen molar-refractivity contribution < 1.29 is 14.2 Å². The quantitative estimate of drug-likeness (QED) is 0.891. The summed E-state index contributed by atoms with van der Waals surface area (Å²) in [7, 11) is 3.23. The number of aryl methyl sites for hydroxylation is 1. The molecule has 2 heterocycles. The van der Waals surface area contributed by atoms with E-state index >= 15 is 0 Å². The Morgan fingerprint density at radius 1 is 1.42 bits per heavy atom. The summed E-state index contributed by atoms with van der Waals surface area (Å²) in [6, 6.07) is 7.90. The molecule has 2 aromatic rings. The first-order valence-electron chi connectivity index (χ1n) is 7.38. The number of nitrogens with one attached hydrogen (secondary N) is 1. The second-order valence-electron chi connectivity index (χ2n) is 5.50. The zero-order valence-corrected chi connectivity index (χ0v) is 13.7. The molecule has 0 bridgehead atoms. The van der Waals surface area contributed by atoms with Gasteiger partial charge in [0.25, 0.3) is 0 Å². The van der Waals surface area contributed by atoms with Gasteiger partial charge in [0.05, 0.1) is 19.6 Å². The van der Waals surface area contributed by atoms with Gasteiger partial charge in [-0.3, -0.25) is 5.10 Å². The lowest BCUT2D eigenvalue weighted by Crippen LogP contribution is -2.21. The van der Waals surface area contributed by atoms with Crippen LogP contribution in [0.1, 0.15) is 28.3 Å². The van der Waals surface area contributed by atoms with Crippen LogP contribution in [-0.2, 0) is 11.3 Å². The van der Waals surface area contributed by atoms with Gasteiger partial charge in [0, 0.05) is 23.9 Å². The summed E-state index contributed by atoms with van der Waals surface area (Å²) in [5.74, 6) is 0.856. The fourth-order valence-corrected chi connectivity index (χ4v) is 2.98. The van der Waals surface area contributed by atoms with Crippen LogP contribution in [0.15, 0.2) is 29.7 Å². The van der Waals surface area contributed by atoms with Crippen molar-refractivity contribution in [2.45, 2.75) is 19.4 Å². The molecule has 24 heavy (non-hydrogen) atoms. The van der Waals surface area contributed by atoms with Crippen LogP contribution in [0.4, 0.5) is 0 Å². The van der Waals surface area contributed by atoms with Gasteiger partial charge in [-0.05, 0) is 24.6 Å². The summed E-state index contributed by atoms with van der Waals surface area (Å²) in [5.41, 5.74) is 9.72. The number of nitriles is 1. The molecule has 3 N–H and O–H groups in total. The van der Waals surface area contributed by atoms with E-state index in [0.29, 0.717) is 18.1 Å². The first kappa shape index (κ1) is 15.9. The number of nitrogens with zero attached hydrogens (tertiary/aromatic N) is 2. The molecule has 0 aliphatic carbocycles. The number of ether oxygens (including phenoxy) is 3. The molecule has 3 rings (SSSR count). The number of fused-ring (bicyclic) bond motifs is 1. The highest BCUT2D eigenvalue weighted by molar-refractivity contribution is 5.56. The van der Waals surface area contributed by atoms with Crippen LogP contribution in [0, 0.1) is 18.3 Å². The van der Waals surface area contributed by atoms with Crippen molar-refractivity contribution >= 4 is 0 Å². The number of hydrogen-bond acceptors (Lipinski definition) is 6. The summed E-state index contributed by atoms with van der Waals surface area (Å²) >= 11 is 0. The smallest absolute Gasteiger partial charge is 0.244 e. The highest BCUT2D eigenvalue weighted by Crippen LogP contribution is 2.43. The summed E-state index contributed by atoms with van der Waals surface area (Å²) < 4.78 is 16.1. The van der Waals surface area contributed by atoms with Gasteiger partial charge in [-0.2, -0.15) is 5.26 Å². The fraction of sp³-hybridized carbons (Fsp3) is 0.294. The average Bonchev–Trinajstić information content (AvgIpc) is 2.94. The van der Waals surface area contributed by atoms with Gasteiger partial charge in [0.15, 0.2) is 0 Å². The van der Waals surface area contributed by atoms with E-state index in [4.69, 9.17) is 19.9 Å². The first-order chi connectivity index (χ1) is 11.6. The number of aromatic nitrogens is 2. The number of aromatic amines is 1. The van der Waals surface area contributed by atoms with E-state index in [1.54, 1.807) is 14.2 Å². The molecule has 0 radical (unpaired) electrons. The van der Waals surface area contributed by atoms with Crippen LogP contribution in [-0.4, -0.2) is 24.4 Å². The normalized spacial score (nSPS) is 16.3. The molecule has 124 valence electrons. The molecule has 0 unspecified atom stereocenters. The molecule has 0 saturated carbocycles. The Balaban J connectivity index is 2.18. The molecular weight excluding hydrogens is 308 g/mol. The van der Waals surface area contributed by atoms with Gasteiger partial charge in [0.1, 0.15) is 17.4 Å². The van der Waals surface area contributed by atoms with E-state index in [0.717, 1.165) is 28.1 Å². The van der Waals surface area contributed by atoms with E-state index in [2.05, 4.69) is 16.3 Å². The minimum absolute atomic E-state index is 0.0746. The summed E-state index contributed by atoms with van der Waals surface area (Å²) in [6.45, 7) is 2.29. The second kappa shape index (κ2) is 6.26. The van der Waals surface area contributed by atoms with E-state index in [1.807, 2.05) is 25.1 Å². The highest BCUT2D eigenvalue weighted by Gasteiger charge is 2.34. The number of methoxy groups -OCH3 is 2. The van der Waals surface area contributed by atoms with Crippen molar-refractivity contribution in [3.8, 4) is 17.7 Å². The standard InChI is InChI=1S/C17H18N4O3/c1-9-14-15(12(7-18)16(19)24-17(14)21-20-9)10-4-5-13(23-3)11(6-10)8-22-2/h4-6,15H,8,19H2,1-3H3,(H,20,21)/t15-/m0/s1. The molecule has 1 aliphatic heterocycles. The first-order valence-corrected chi connectivity index (χ1v) is 7.38. The molecule has 0 spiro atoms. The Labute approximate surface area is 139 Å². The summed E-state index contributed by atoms with van der Waals surface area (Å²) in [6.07, 6.45) is 0. The molecule has 1 atom stereocenters. The zero-order chi connectivity index (χ0) is 17.3. The number of H-pyrrole nitrogens is 1. The van der Waals surface area contributed by atoms with Crippen LogP contribution in [0.3, 0.4) is 0 Å². The maximum absolute atomic E-state index is 9.57. The largest absolute Gasteiger partial charge is 0.496 e. The van der Waals surface area contributed by atoms with E-state index in [-0.39, 0.29) is 11.8 Å². The van der Waals surface area contributed by atoms with Gasteiger partial charge in [-0.1, -0.05) is 6.07 Å². The summed E-state index contributed by atoms with van der Waals surface area (Å²) in [5, 5.41) is 16.6. The molecule has 1 aromatic carbocycles. The van der Waals surface area contributed by atoms with Gasteiger partial charge in [0.2, 0.25) is 11.8 Å². The molecule has 7 nitrogen and oxygen atoms in total. The van der Waals surface area contributed by atoms with Crippen molar-refractivity contribution in [2.75, 3.05) is 14.2 Å². The lowest BCUT2D eigenvalue weighted by atomic mass is 9.83. The van der Waals surface area contributed by atoms with Crippen molar-refractivity contribution in [1.29, 1.82) is 5.26 Å². The number of hydrogen-bond donors (Lipinski definition) is 2. The van der Waals surface area contributed by atoms with Crippen LogP contribution >= 0.6 is 0 Å². The number of rotatable bonds is 4. The van der Waals surface area contributed by atoms with Crippen LogP contribution in [0.2, 0.25) is 0 Å². The lowest BCUT2D eigenvalue weighted by Gasteiger charge is -2.24. The Morgan fingerprint density at radius 2 is 2.21 bits per heavy atom. The van der Waals surface area contributed by atoms with Gasteiger partial charge < -0.3 is 19.9 Å². The molecule has 0 fully saturated rings. The third-order valence-electron chi connectivity index (χ3n) is 4.07. The predicted molar refractivity (Wildman–Crippen MR) is 86.3 cm³/mol. The average molecular weight is 326 g/mol. The highest BCUT2D eigenvalue weighted by atomic mass is 16.5. The lowest BCUT2D eigenvalue weighted by molar-refractivity contribution is 0.181. The zero-order valence-electron chi connectivity index (χ0n) is 13.7. The van der Waals surface area contributed by atoms with Gasteiger partial charge >= 0.3 is 0 Å². The van der Waals surface area contributed by atoms with Crippen LogP contribution in [0.5, 0.6) is 11.6 Å². The Morgan fingerprint density at radius 3 is 2.88 bits per heavy atom. The molecule has 1 aliphatic rings. The molecular formula is C17H18N4O3. The third-order valence-corrected chi connectivity index (χ3v) is 4.07. The van der Waals surface area contributed by atoms with Crippen molar-refractivity contribution in [3.05, 3.63) is 52.0 Å². The van der Waals surface area contributed by atoms with Crippen molar-refractivity contribution in [2.24, 2.45) is 5.73 Å². The van der Waals surface area contributed by atoms with E-state index in [9.17, 15) is 5.26 Å². The maximum atomic E-state index is 9.57. The Kier molecular flexibility index (Phi) is 4.15. The van der Waals surface area contributed by atoms with Gasteiger partial charge in [-0.25, -0.2) is 0 Å². The summed E-state index contributed by atoms with van der Waals surface area (Å²) in [4.78, 5) is 0. The minimum Gasteiger partial charge on any atom is -0.496 e. The molecule has 1 aromatic heterocycles. The SMILES string of the molecule is COCc1cc([C@H]2C(C#N)=C(N)Oc3n[nH]c(C)c32)ccc1OC. The second-order valence-corrected chi connectivity index (χ2v) is 5.50. The molecule has 0 saturated heterocycles. The fourth-order valence-electron chi connectivity index (χ4n) is 2.98. The van der Waals surface area contributed by atoms with Gasteiger partial charge in [-0.15, -0.1) is 5.10 Å². The number of nitrogens with two attached hydrogens (primary N) is 1. The van der Waals surface area contributed by atoms with Crippen molar-refractivity contribution in [3.63, 3.8) is 0 Å².